The molecule has 0 N–H and O–H groups in total. The van der Waals surface area contributed by atoms with Gasteiger partial charge in [0.15, 0.2) is 0 Å². The first-order chi connectivity index (χ1) is 16.8. The van der Waals surface area contributed by atoms with Crippen LogP contribution in [0.2, 0.25) is 0 Å². The summed E-state index contributed by atoms with van der Waals surface area (Å²) in [5.74, 6) is 3.36. The van der Waals surface area contributed by atoms with Crippen molar-refractivity contribution in [3.05, 3.63) is 102 Å². The molecule has 3 aromatic carbocycles. The van der Waals surface area contributed by atoms with E-state index in [1.54, 1.807) is 7.11 Å². The van der Waals surface area contributed by atoms with Gasteiger partial charge in [0.1, 0.15) is 5.75 Å². The van der Waals surface area contributed by atoms with Crippen molar-refractivity contribution in [2.75, 3.05) is 20.2 Å². The van der Waals surface area contributed by atoms with Gasteiger partial charge >= 0.3 is 0 Å². The monoisotopic (exact) mass is 450 g/mol. The molecule has 0 amide bonds. The van der Waals surface area contributed by atoms with E-state index in [1.807, 2.05) is 6.07 Å². The van der Waals surface area contributed by atoms with Crippen LogP contribution in [0.3, 0.4) is 0 Å². The molecule has 0 spiro atoms. The third kappa shape index (κ3) is 3.86. The van der Waals surface area contributed by atoms with Gasteiger partial charge in [-0.25, -0.2) is 0 Å². The predicted molar refractivity (Wildman–Crippen MR) is 139 cm³/mol. The third-order valence-corrected chi connectivity index (χ3v) is 8.40. The summed E-state index contributed by atoms with van der Waals surface area (Å²) in [5, 5.41) is 0. The van der Waals surface area contributed by atoms with Crippen molar-refractivity contribution in [3.63, 3.8) is 0 Å². The Balaban J connectivity index is 1.46. The van der Waals surface area contributed by atoms with E-state index in [4.69, 9.17) is 9.73 Å². The predicted octanol–water partition coefficient (Wildman–Crippen LogP) is 6.20. The average Bonchev–Trinajstić information content (AvgIpc) is 2.89. The fourth-order valence-corrected chi connectivity index (χ4v) is 7.04. The van der Waals surface area contributed by atoms with Crippen molar-refractivity contribution < 1.29 is 4.74 Å². The Hall–Kier alpha value is -2.91. The molecule has 3 aliphatic heterocycles. The van der Waals surface area contributed by atoms with Crippen LogP contribution in [0, 0.1) is 17.8 Å². The Morgan fingerprint density at radius 1 is 0.824 bits per heavy atom. The summed E-state index contributed by atoms with van der Waals surface area (Å²) in [7, 11) is 1.76. The highest BCUT2D eigenvalue weighted by Crippen LogP contribution is 2.50. The van der Waals surface area contributed by atoms with Crippen LogP contribution in [0.5, 0.6) is 5.75 Å². The molecule has 0 aromatic heterocycles. The van der Waals surface area contributed by atoms with Crippen LogP contribution in [0.4, 0.5) is 0 Å². The van der Waals surface area contributed by atoms with Crippen molar-refractivity contribution in [1.29, 1.82) is 0 Å². The Bertz CT molecular complexity index is 1090. The number of nitrogens with zero attached hydrogens (tertiary/aromatic N) is 2. The lowest BCUT2D eigenvalue weighted by Crippen LogP contribution is -2.66. The quantitative estimate of drug-likeness (QED) is 0.447. The molecule has 7 rings (SSSR count). The van der Waals surface area contributed by atoms with Gasteiger partial charge in [-0.15, -0.1) is 0 Å². The second kappa shape index (κ2) is 9.38. The molecule has 1 aliphatic carbocycles. The molecule has 3 nitrogen and oxygen atoms in total. The summed E-state index contributed by atoms with van der Waals surface area (Å²) in [5.41, 5.74) is 5.40. The van der Waals surface area contributed by atoms with Gasteiger partial charge in [-0.2, -0.15) is 0 Å². The van der Waals surface area contributed by atoms with Crippen LogP contribution in [0.1, 0.15) is 41.9 Å². The summed E-state index contributed by atoms with van der Waals surface area (Å²) in [4.78, 5) is 8.27. The number of aliphatic imine (C=N–C) groups is 1. The molecule has 3 heteroatoms. The number of fused-ring (bicyclic) bond motifs is 1. The van der Waals surface area contributed by atoms with Crippen LogP contribution in [-0.2, 0) is 6.54 Å². The second-order valence-corrected chi connectivity index (χ2v) is 10.2. The number of hydrogen-bond donors (Lipinski definition) is 0. The summed E-state index contributed by atoms with van der Waals surface area (Å²) in [6, 6.07) is 30.9. The number of hydrogen-bond acceptors (Lipinski definition) is 3. The molecular formula is C31H34N2O. The third-order valence-electron chi connectivity index (χ3n) is 8.40. The highest BCUT2D eigenvalue weighted by molar-refractivity contribution is 5.95. The maximum Gasteiger partial charge on any atom is 0.123 e. The van der Waals surface area contributed by atoms with Gasteiger partial charge in [-0.1, -0.05) is 85.3 Å². The zero-order chi connectivity index (χ0) is 22.9. The van der Waals surface area contributed by atoms with Gasteiger partial charge in [0.25, 0.3) is 0 Å². The van der Waals surface area contributed by atoms with E-state index in [9.17, 15) is 0 Å². The number of methoxy groups -OCH3 is 1. The van der Waals surface area contributed by atoms with Crippen LogP contribution in [0.25, 0.3) is 0 Å². The Morgan fingerprint density at radius 2 is 1.41 bits per heavy atom. The van der Waals surface area contributed by atoms with Gasteiger partial charge in [-0.05, 0) is 41.9 Å². The minimum Gasteiger partial charge on any atom is -0.496 e. The normalized spacial score (nSPS) is 28.9. The van der Waals surface area contributed by atoms with E-state index in [0.29, 0.717) is 24.4 Å². The fourth-order valence-electron chi connectivity index (χ4n) is 7.04. The Kier molecular flexibility index (Phi) is 5.97. The van der Waals surface area contributed by atoms with E-state index in [1.165, 1.54) is 54.8 Å². The number of para-hydroxylation sites is 1. The van der Waals surface area contributed by atoms with E-state index < -0.39 is 0 Å². The van der Waals surface area contributed by atoms with E-state index in [0.717, 1.165) is 17.6 Å². The molecule has 4 fully saturated rings. The Morgan fingerprint density at radius 3 is 2.03 bits per heavy atom. The van der Waals surface area contributed by atoms with Crippen LogP contribution in [0.15, 0.2) is 89.9 Å². The first kappa shape index (κ1) is 21.6. The lowest BCUT2D eigenvalue weighted by molar-refractivity contribution is 0.00603. The lowest BCUT2D eigenvalue weighted by Gasteiger charge is -2.58. The minimum absolute atomic E-state index is 0.294. The molecule has 3 unspecified atom stereocenters. The standard InChI is InChI=1S/C31H34N2O/c1-34-27-18-9-8-15-24(27)19-32-30-28-25-16-10-17-26(28)21-33(20-25)31(30)29(22-11-4-2-5-12-22)23-13-6-3-7-14-23/h2-9,11-15,18,25-26,28-29,31H,10,16-17,19-21H2,1H3/t25-,26+,28?,31?. The zero-order valence-electron chi connectivity index (χ0n) is 20.0. The molecule has 5 atom stereocenters. The van der Waals surface area contributed by atoms with Gasteiger partial charge in [-0.3, -0.25) is 9.89 Å². The van der Waals surface area contributed by atoms with Crippen molar-refractivity contribution in [2.45, 2.75) is 37.8 Å². The SMILES string of the molecule is COc1ccccc1CN=C1C2[C@@H]3CCC[C@H]2CN(C3)C1C(c1ccccc1)c1ccccc1. The van der Waals surface area contributed by atoms with Gasteiger partial charge < -0.3 is 4.74 Å². The van der Waals surface area contributed by atoms with Gasteiger partial charge in [0.05, 0.1) is 19.7 Å². The molecule has 0 radical (unpaired) electrons. The van der Waals surface area contributed by atoms with Crippen molar-refractivity contribution in [1.82, 2.24) is 4.90 Å². The van der Waals surface area contributed by atoms with Crippen molar-refractivity contribution >= 4 is 5.71 Å². The fraction of sp³-hybridized carbons (Fsp3) is 0.387. The molecule has 3 heterocycles. The van der Waals surface area contributed by atoms with E-state index >= 15 is 0 Å². The summed E-state index contributed by atoms with van der Waals surface area (Å²) in [6.07, 6.45) is 4.07. The first-order valence-electron chi connectivity index (χ1n) is 12.8. The maximum atomic E-state index is 5.66. The maximum absolute atomic E-state index is 5.66. The average molecular weight is 451 g/mol. The highest BCUT2D eigenvalue weighted by atomic mass is 16.5. The van der Waals surface area contributed by atoms with Crippen LogP contribution in [-0.4, -0.2) is 36.9 Å². The molecule has 34 heavy (non-hydrogen) atoms. The summed E-state index contributed by atoms with van der Waals surface area (Å²) in [6.45, 7) is 3.13. The Labute approximate surface area is 203 Å². The molecule has 4 bridgehead atoms. The summed E-state index contributed by atoms with van der Waals surface area (Å²) >= 11 is 0. The molecule has 174 valence electrons. The molecule has 1 saturated carbocycles. The van der Waals surface area contributed by atoms with E-state index in [-0.39, 0.29) is 0 Å². The molecule has 3 aromatic rings. The molecular weight excluding hydrogens is 416 g/mol. The second-order valence-electron chi connectivity index (χ2n) is 10.2. The van der Waals surface area contributed by atoms with Gasteiger partial charge in [0.2, 0.25) is 0 Å². The number of ether oxygens (including phenoxy) is 1. The molecule has 4 aliphatic rings. The first-order valence-corrected chi connectivity index (χ1v) is 12.8. The highest BCUT2D eigenvalue weighted by Gasteiger charge is 2.53. The lowest BCUT2D eigenvalue weighted by atomic mass is 9.59. The van der Waals surface area contributed by atoms with Crippen LogP contribution >= 0.6 is 0 Å². The molecule has 3 saturated heterocycles. The number of rotatable bonds is 6. The smallest absolute Gasteiger partial charge is 0.123 e. The minimum atomic E-state index is 0.294. The topological polar surface area (TPSA) is 24.8 Å². The van der Waals surface area contributed by atoms with Gasteiger partial charge in [0, 0.05) is 36.2 Å². The number of benzene rings is 3. The largest absolute Gasteiger partial charge is 0.496 e. The number of piperidine rings is 3. The van der Waals surface area contributed by atoms with E-state index in [2.05, 4.69) is 83.8 Å². The van der Waals surface area contributed by atoms with Crippen molar-refractivity contribution in [3.8, 4) is 5.75 Å². The van der Waals surface area contributed by atoms with Crippen LogP contribution < -0.4 is 4.74 Å². The van der Waals surface area contributed by atoms with Crippen molar-refractivity contribution in [2.24, 2.45) is 22.7 Å². The zero-order valence-corrected chi connectivity index (χ0v) is 20.0. The summed E-state index contributed by atoms with van der Waals surface area (Å²) < 4.78 is 5.66.